The number of aromatic nitrogens is 2. The minimum Gasteiger partial charge on any atom is -0.497 e. The van der Waals surface area contributed by atoms with Gasteiger partial charge in [0.2, 0.25) is 5.95 Å². The highest BCUT2D eigenvalue weighted by Crippen LogP contribution is 2.29. The van der Waals surface area contributed by atoms with Crippen molar-refractivity contribution < 1.29 is 4.74 Å². The molecular formula is C24H34N6OS. The number of aryl methyl sites for hydroxylation is 1. The number of methoxy groups -OCH3 is 1. The molecule has 0 atom stereocenters. The van der Waals surface area contributed by atoms with E-state index in [1.54, 1.807) is 7.11 Å². The molecule has 0 saturated heterocycles. The van der Waals surface area contributed by atoms with Gasteiger partial charge in [-0.1, -0.05) is 6.07 Å². The van der Waals surface area contributed by atoms with Crippen LogP contribution >= 0.6 is 12.2 Å². The van der Waals surface area contributed by atoms with Gasteiger partial charge in [0.15, 0.2) is 5.11 Å². The number of rotatable bonds is 6. The molecule has 1 aromatic carbocycles. The molecule has 32 heavy (non-hydrogen) atoms. The number of nitrogens with one attached hydrogen (secondary N) is 3. The first kappa shape index (κ1) is 22.6. The Balaban J connectivity index is 1.29. The highest BCUT2D eigenvalue weighted by Gasteiger charge is 2.24. The molecule has 2 aliphatic rings. The van der Waals surface area contributed by atoms with Gasteiger partial charge < -0.3 is 25.6 Å². The van der Waals surface area contributed by atoms with Crippen LogP contribution in [0.5, 0.6) is 5.75 Å². The van der Waals surface area contributed by atoms with Crippen LogP contribution in [0.25, 0.3) is 0 Å². The Kier molecular flexibility index (Phi) is 7.29. The zero-order valence-corrected chi connectivity index (χ0v) is 20.1. The summed E-state index contributed by atoms with van der Waals surface area (Å²) >= 11 is 5.52. The molecule has 4 rings (SSSR count). The highest BCUT2D eigenvalue weighted by molar-refractivity contribution is 7.80. The molecule has 172 valence electrons. The molecule has 7 nitrogen and oxygen atoms in total. The lowest BCUT2D eigenvalue weighted by molar-refractivity contribution is 0.387. The molecule has 3 N–H and O–H groups in total. The average Bonchev–Trinajstić information content (AvgIpc) is 2.80. The minimum absolute atomic E-state index is 0.375. The Labute approximate surface area is 196 Å². The van der Waals surface area contributed by atoms with Crippen LogP contribution < -0.4 is 25.6 Å². The lowest BCUT2D eigenvalue weighted by Gasteiger charge is -2.31. The van der Waals surface area contributed by atoms with Crippen LogP contribution in [0, 0.1) is 0 Å². The fourth-order valence-electron chi connectivity index (χ4n) is 4.63. The Morgan fingerprint density at radius 3 is 2.56 bits per heavy atom. The van der Waals surface area contributed by atoms with Gasteiger partial charge in [-0.25, -0.2) is 4.98 Å². The first-order valence-corrected chi connectivity index (χ1v) is 12.0. The van der Waals surface area contributed by atoms with Crippen molar-refractivity contribution >= 4 is 34.8 Å². The zero-order chi connectivity index (χ0) is 22.5. The number of nitrogens with zero attached hydrogens (tertiary/aromatic N) is 3. The standard InChI is InChI=1S/C24H34N6OS/c1-30(2)22-20-9-4-5-10-21(20)28-23(29-22)25-16-11-13-17(14-12-16)26-24(32)27-18-7-6-8-19(15-18)31-3/h6-8,15-17H,4-5,9-14H2,1-3H3,(H,25,28,29)(H2,26,27,32)/t16-,17+. The molecule has 0 amide bonds. The first-order chi connectivity index (χ1) is 15.5. The molecule has 1 fully saturated rings. The van der Waals surface area contributed by atoms with E-state index in [2.05, 4.69) is 34.9 Å². The number of ether oxygens (including phenoxy) is 1. The molecule has 8 heteroatoms. The predicted octanol–water partition coefficient (Wildman–Crippen LogP) is 4.14. The fraction of sp³-hybridized carbons (Fsp3) is 0.542. The molecule has 1 heterocycles. The maximum Gasteiger partial charge on any atom is 0.225 e. The molecular weight excluding hydrogens is 420 g/mol. The van der Waals surface area contributed by atoms with Gasteiger partial charge in [-0.2, -0.15) is 4.98 Å². The third-order valence-corrected chi connectivity index (χ3v) is 6.53. The van der Waals surface area contributed by atoms with Crippen LogP contribution in [-0.4, -0.2) is 48.4 Å². The van der Waals surface area contributed by atoms with Gasteiger partial charge in [0.25, 0.3) is 0 Å². The van der Waals surface area contributed by atoms with E-state index >= 15 is 0 Å². The summed E-state index contributed by atoms with van der Waals surface area (Å²) in [5, 5.41) is 11.0. The lowest BCUT2D eigenvalue weighted by Crippen LogP contribution is -2.42. The van der Waals surface area contributed by atoms with Crippen LogP contribution in [0.2, 0.25) is 0 Å². The summed E-state index contributed by atoms with van der Waals surface area (Å²) in [6.07, 6.45) is 8.85. The van der Waals surface area contributed by atoms with Crippen molar-refractivity contribution in [2.45, 2.75) is 63.5 Å². The minimum atomic E-state index is 0.375. The second kappa shape index (κ2) is 10.3. The molecule has 0 radical (unpaired) electrons. The van der Waals surface area contributed by atoms with Gasteiger partial charge in [-0.05, 0) is 75.7 Å². The quantitative estimate of drug-likeness (QED) is 0.563. The van der Waals surface area contributed by atoms with Crippen molar-refractivity contribution in [1.29, 1.82) is 0 Å². The van der Waals surface area contributed by atoms with Crippen LogP contribution in [0.1, 0.15) is 49.8 Å². The molecule has 0 bridgehead atoms. The first-order valence-electron chi connectivity index (χ1n) is 11.6. The van der Waals surface area contributed by atoms with Crippen molar-refractivity contribution in [3.05, 3.63) is 35.5 Å². The van der Waals surface area contributed by atoms with Crippen LogP contribution in [0.15, 0.2) is 24.3 Å². The van der Waals surface area contributed by atoms with E-state index in [0.717, 1.165) is 61.7 Å². The number of hydrogen-bond acceptors (Lipinski definition) is 6. The van der Waals surface area contributed by atoms with E-state index in [4.69, 9.17) is 26.9 Å². The smallest absolute Gasteiger partial charge is 0.225 e. The Hall–Kier alpha value is -2.61. The molecule has 0 aliphatic heterocycles. The SMILES string of the molecule is COc1cccc(NC(=S)N[C@H]2CC[C@@H](Nc3nc4c(c(N(C)C)n3)CCCC4)CC2)c1. The largest absolute Gasteiger partial charge is 0.497 e. The molecule has 2 aromatic rings. The van der Waals surface area contributed by atoms with E-state index in [0.29, 0.717) is 17.2 Å². The second-order valence-electron chi connectivity index (χ2n) is 8.92. The van der Waals surface area contributed by atoms with Gasteiger partial charge in [0, 0.05) is 43.5 Å². The van der Waals surface area contributed by atoms with E-state index in [1.165, 1.54) is 24.1 Å². The summed E-state index contributed by atoms with van der Waals surface area (Å²) in [5.41, 5.74) is 3.48. The van der Waals surface area contributed by atoms with Gasteiger partial charge in [0.1, 0.15) is 11.6 Å². The highest BCUT2D eigenvalue weighted by atomic mass is 32.1. The zero-order valence-electron chi connectivity index (χ0n) is 19.3. The second-order valence-corrected chi connectivity index (χ2v) is 9.33. The van der Waals surface area contributed by atoms with Crippen molar-refractivity contribution in [3.63, 3.8) is 0 Å². The van der Waals surface area contributed by atoms with Gasteiger partial charge in [0.05, 0.1) is 12.8 Å². The topological polar surface area (TPSA) is 74.3 Å². The molecule has 0 unspecified atom stereocenters. The van der Waals surface area contributed by atoms with Crippen LogP contribution in [0.4, 0.5) is 17.5 Å². The normalized spacial score (nSPS) is 20.1. The van der Waals surface area contributed by atoms with E-state index in [9.17, 15) is 0 Å². The number of thiocarbonyl (C=S) groups is 1. The predicted molar refractivity (Wildman–Crippen MR) is 135 cm³/mol. The van der Waals surface area contributed by atoms with Crippen LogP contribution in [-0.2, 0) is 12.8 Å². The summed E-state index contributed by atoms with van der Waals surface area (Å²) < 4.78 is 5.27. The van der Waals surface area contributed by atoms with Crippen LogP contribution in [0.3, 0.4) is 0 Å². The van der Waals surface area contributed by atoms with Crippen molar-refractivity contribution in [2.75, 3.05) is 36.7 Å². The number of hydrogen-bond donors (Lipinski definition) is 3. The lowest BCUT2D eigenvalue weighted by atomic mass is 9.91. The number of benzene rings is 1. The van der Waals surface area contributed by atoms with Crippen molar-refractivity contribution in [1.82, 2.24) is 15.3 Å². The van der Waals surface area contributed by atoms with Crippen molar-refractivity contribution in [3.8, 4) is 5.75 Å². The van der Waals surface area contributed by atoms with Gasteiger partial charge in [-0.3, -0.25) is 0 Å². The third kappa shape index (κ3) is 5.59. The van der Waals surface area contributed by atoms with Crippen molar-refractivity contribution in [2.24, 2.45) is 0 Å². The van der Waals surface area contributed by atoms with E-state index in [-0.39, 0.29) is 0 Å². The number of fused-ring (bicyclic) bond motifs is 1. The van der Waals surface area contributed by atoms with Gasteiger partial charge in [-0.15, -0.1) is 0 Å². The summed E-state index contributed by atoms with van der Waals surface area (Å²) in [6.45, 7) is 0. The Bertz CT molecular complexity index is 942. The molecule has 1 aromatic heterocycles. The van der Waals surface area contributed by atoms with E-state index < -0.39 is 0 Å². The van der Waals surface area contributed by atoms with E-state index in [1.807, 2.05) is 24.3 Å². The maximum absolute atomic E-state index is 5.52. The Morgan fingerprint density at radius 1 is 1.06 bits per heavy atom. The molecule has 2 aliphatic carbocycles. The summed E-state index contributed by atoms with van der Waals surface area (Å²) in [7, 11) is 5.80. The molecule has 0 spiro atoms. The summed E-state index contributed by atoms with van der Waals surface area (Å²) in [6, 6.07) is 8.56. The summed E-state index contributed by atoms with van der Waals surface area (Å²) in [5.74, 6) is 2.66. The number of anilines is 3. The summed E-state index contributed by atoms with van der Waals surface area (Å²) in [4.78, 5) is 11.8. The Morgan fingerprint density at radius 2 is 1.81 bits per heavy atom. The average molecular weight is 455 g/mol. The third-order valence-electron chi connectivity index (χ3n) is 6.31. The monoisotopic (exact) mass is 454 g/mol. The fourth-order valence-corrected chi connectivity index (χ4v) is 4.91. The maximum atomic E-state index is 5.52. The van der Waals surface area contributed by atoms with Gasteiger partial charge >= 0.3 is 0 Å². The molecule has 1 saturated carbocycles.